The fourth-order valence-corrected chi connectivity index (χ4v) is 1.91. The van der Waals surface area contributed by atoms with Crippen molar-refractivity contribution in [1.29, 1.82) is 0 Å². The molecule has 0 heterocycles. The van der Waals surface area contributed by atoms with E-state index in [0.717, 1.165) is 11.1 Å². The molecule has 2 nitrogen and oxygen atoms in total. The summed E-state index contributed by atoms with van der Waals surface area (Å²) >= 11 is 0. The predicted molar refractivity (Wildman–Crippen MR) is 77.9 cm³/mol. The van der Waals surface area contributed by atoms with Crippen molar-refractivity contribution in [3.8, 4) is 0 Å². The summed E-state index contributed by atoms with van der Waals surface area (Å²) in [5.41, 5.74) is 3.97. The molecule has 2 aromatic carbocycles. The molecule has 0 aliphatic heterocycles. The number of carbonyl (C=O) groups is 1. The Morgan fingerprint density at radius 3 is 2.21 bits per heavy atom. The fraction of sp³-hybridized carbons (Fsp3) is 0.176. The Labute approximate surface area is 114 Å². The molecule has 97 valence electrons. The number of carbonyl (C=O) groups excluding carboxylic acids is 1. The minimum absolute atomic E-state index is 0.0283. The molecular formula is C17H18NO. The highest BCUT2D eigenvalue weighted by Crippen LogP contribution is 2.10. The van der Waals surface area contributed by atoms with Gasteiger partial charge in [-0.05, 0) is 37.1 Å². The van der Waals surface area contributed by atoms with Crippen LogP contribution in [0.4, 0.5) is 0 Å². The molecule has 0 aromatic heterocycles. The van der Waals surface area contributed by atoms with Crippen LogP contribution in [0.1, 0.15) is 27.0 Å². The number of hydrogen-bond acceptors (Lipinski definition) is 1. The molecule has 0 N–H and O–H groups in total. The van der Waals surface area contributed by atoms with E-state index < -0.39 is 0 Å². The van der Waals surface area contributed by atoms with Crippen molar-refractivity contribution in [2.45, 2.75) is 13.5 Å². The van der Waals surface area contributed by atoms with Gasteiger partial charge in [-0.25, -0.2) is 0 Å². The lowest BCUT2D eigenvalue weighted by molar-refractivity contribution is 0.0785. The number of rotatable bonds is 3. The van der Waals surface area contributed by atoms with Gasteiger partial charge >= 0.3 is 0 Å². The molecule has 0 saturated carbocycles. The van der Waals surface area contributed by atoms with Crippen LogP contribution >= 0.6 is 0 Å². The quantitative estimate of drug-likeness (QED) is 0.819. The van der Waals surface area contributed by atoms with Crippen LogP contribution in [0.5, 0.6) is 0 Å². The molecule has 0 atom stereocenters. The monoisotopic (exact) mass is 252 g/mol. The number of aryl methyl sites for hydroxylation is 1. The van der Waals surface area contributed by atoms with Gasteiger partial charge in [-0.2, -0.15) is 0 Å². The second kappa shape index (κ2) is 5.70. The summed E-state index contributed by atoms with van der Waals surface area (Å²) in [7, 11) is 1.82. The maximum absolute atomic E-state index is 12.2. The number of amides is 1. The third-order valence-electron chi connectivity index (χ3n) is 3.09. The molecule has 2 heteroatoms. The third kappa shape index (κ3) is 3.44. The van der Waals surface area contributed by atoms with Gasteiger partial charge in [0.05, 0.1) is 0 Å². The number of nitrogens with zero attached hydrogens (tertiary/aromatic N) is 1. The van der Waals surface area contributed by atoms with Gasteiger partial charge in [0.2, 0.25) is 0 Å². The molecule has 19 heavy (non-hydrogen) atoms. The molecule has 1 amide bonds. The molecule has 0 spiro atoms. The van der Waals surface area contributed by atoms with Gasteiger partial charge in [0.25, 0.3) is 5.91 Å². The van der Waals surface area contributed by atoms with Crippen molar-refractivity contribution in [2.24, 2.45) is 0 Å². The normalized spacial score (nSPS) is 10.3. The van der Waals surface area contributed by atoms with E-state index in [1.54, 1.807) is 4.90 Å². The van der Waals surface area contributed by atoms with Crippen LogP contribution in [0.3, 0.4) is 0 Å². The Morgan fingerprint density at radius 1 is 1.05 bits per heavy atom. The summed E-state index contributed by atoms with van der Waals surface area (Å²) in [5.74, 6) is 0.0283. The maximum atomic E-state index is 12.2. The first-order chi connectivity index (χ1) is 9.06. The van der Waals surface area contributed by atoms with Gasteiger partial charge in [0.15, 0.2) is 0 Å². The minimum Gasteiger partial charge on any atom is -0.337 e. The minimum atomic E-state index is 0.0283. The van der Waals surface area contributed by atoms with Crippen LogP contribution in [0.15, 0.2) is 48.5 Å². The Morgan fingerprint density at radius 2 is 1.63 bits per heavy atom. The Hall–Kier alpha value is -2.09. The Bertz CT molecular complexity index is 555. The van der Waals surface area contributed by atoms with E-state index in [2.05, 4.69) is 38.1 Å². The van der Waals surface area contributed by atoms with Crippen LogP contribution < -0.4 is 0 Å². The topological polar surface area (TPSA) is 20.3 Å². The van der Waals surface area contributed by atoms with E-state index in [-0.39, 0.29) is 5.91 Å². The van der Waals surface area contributed by atoms with E-state index >= 15 is 0 Å². The highest BCUT2D eigenvalue weighted by Gasteiger charge is 2.11. The molecule has 2 rings (SSSR count). The maximum Gasteiger partial charge on any atom is 0.253 e. The Kier molecular flexibility index (Phi) is 4.00. The molecule has 0 saturated heterocycles. The van der Waals surface area contributed by atoms with Crippen molar-refractivity contribution in [1.82, 2.24) is 4.90 Å². The van der Waals surface area contributed by atoms with E-state index in [1.165, 1.54) is 5.56 Å². The van der Waals surface area contributed by atoms with E-state index in [1.807, 2.05) is 31.3 Å². The van der Waals surface area contributed by atoms with E-state index in [0.29, 0.717) is 12.1 Å². The second-order valence-electron chi connectivity index (χ2n) is 4.84. The lowest BCUT2D eigenvalue weighted by Crippen LogP contribution is -2.26. The van der Waals surface area contributed by atoms with Crippen LogP contribution in [0.25, 0.3) is 0 Å². The summed E-state index contributed by atoms with van der Waals surface area (Å²) in [5, 5.41) is 0. The van der Waals surface area contributed by atoms with Crippen molar-refractivity contribution >= 4 is 5.91 Å². The van der Waals surface area contributed by atoms with Gasteiger partial charge in [0.1, 0.15) is 0 Å². The summed E-state index contributed by atoms with van der Waals surface area (Å²) in [6.07, 6.45) is 0. The van der Waals surface area contributed by atoms with Crippen molar-refractivity contribution in [3.05, 3.63) is 77.7 Å². The first-order valence-corrected chi connectivity index (χ1v) is 6.29. The lowest BCUT2D eigenvalue weighted by atomic mass is 10.1. The summed E-state index contributed by atoms with van der Waals surface area (Å²) in [6.45, 7) is 6.49. The van der Waals surface area contributed by atoms with Gasteiger partial charge in [-0.3, -0.25) is 4.79 Å². The average Bonchev–Trinajstić information content (AvgIpc) is 2.41. The molecule has 1 radical (unpaired) electrons. The zero-order chi connectivity index (χ0) is 13.8. The summed E-state index contributed by atoms with van der Waals surface area (Å²) in [6, 6.07) is 15.6. The van der Waals surface area contributed by atoms with E-state index in [9.17, 15) is 4.79 Å². The third-order valence-corrected chi connectivity index (χ3v) is 3.09. The van der Waals surface area contributed by atoms with Crippen LogP contribution in [-0.4, -0.2) is 17.9 Å². The van der Waals surface area contributed by atoms with Crippen molar-refractivity contribution in [2.75, 3.05) is 7.05 Å². The largest absolute Gasteiger partial charge is 0.337 e. The summed E-state index contributed by atoms with van der Waals surface area (Å²) in [4.78, 5) is 14.0. The molecule has 0 aliphatic carbocycles. The summed E-state index contributed by atoms with van der Waals surface area (Å²) < 4.78 is 0. The smallest absolute Gasteiger partial charge is 0.253 e. The van der Waals surface area contributed by atoms with Crippen molar-refractivity contribution in [3.63, 3.8) is 0 Å². The van der Waals surface area contributed by atoms with Crippen LogP contribution in [0.2, 0.25) is 0 Å². The van der Waals surface area contributed by atoms with Crippen LogP contribution in [0, 0.1) is 13.8 Å². The zero-order valence-electron chi connectivity index (χ0n) is 11.4. The highest BCUT2D eigenvalue weighted by atomic mass is 16.2. The van der Waals surface area contributed by atoms with Gasteiger partial charge in [-0.15, -0.1) is 0 Å². The molecule has 0 unspecified atom stereocenters. The van der Waals surface area contributed by atoms with Crippen LogP contribution in [-0.2, 0) is 6.54 Å². The SMILES string of the molecule is [CH2]c1ccc(C(=O)N(C)Cc2ccc(C)cc2)cc1. The molecule has 0 fully saturated rings. The molecule has 0 bridgehead atoms. The average molecular weight is 252 g/mol. The number of benzene rings is 2. The standard InChI is InChI=1S/C17H18NO/c1-13-4-8-15(9-5-13)12-18(3)17(19)16-10-6-14(2)7-11-16/h4-11H,2,12H2,1,3H3. The van der Waals surface area contributed by atoms with E-state index in [4.69, 9.17) is 0 Å². The Balaban J connectivity index is 2.07. The van der Waals surface area contributed by atoms with Gasteiger partial charge in [0, 0.05) is 19.2 Å². The highest BCUT2D eigenvalue weighted by molar-refractivity contribution is 5.94. The second-order valence-corrected chi connectivity index (χ2v) is 4.84. The van der Waals surface area contributed by atoms with Gasteiger partial charge < -0.3 is 4.90 Å². The first-order valence-electron chi connectivity index (χ1n) is 6.29. The van der Waals surface area contributed by atoms with Gasteiger partial charge in [-0.1, -0.05) is 42.0 Å². The number of hydrogen-bond donors (Lipinski definition) is 0. The zero-order valence-corrected chi connectivity index (χ0v) is 11.4. The molecule has 2 aromatic rings. The molecular weight excluding hydrogens is 234 g/mol. The molecule has 0 aliphatic rings. The fourth-order valence-electron chi connectivity index (χ4n) is 1.91. The van der Waals surface area contributed by atoms with Crippen molar-refractivity contribution < 1.29 is 4.79 Å². The lowest BCUT2D eigenvalue weighted by Gasteiger charge is -2.17. The predicted octanol–water partition coefficient (Wildman–Crippen LogP) is 3.45. The first kappa shape index (κ1) is 13.3.